The molecule has 3 N–H and O–H groups in total. The Morgan fingerprint density at radius 3 is 2.25 bits per heavy atom. The zero-order valence-electron chi connectivity index (χ0n) is 12.9. The average molecular weight is 284 g/mol. The molecule has 0 spiro atoms. The molecule has 116 valence electrons. The predicted octanol–water partition coefficient (Wildman–Crippen LogP) is 1.35. The number of rotatable bonds is 5. The molecule has 0 saturated heterocycles. The predicted molar refractivity (Wildman–Crippen MR) is 78.1 cm³/mol. The first-order valence-corrected chi connectivity index (χ1v) is 7.49. The van der Waals surface area contributed by atoms with Crippen LogP contribution in [0, 0.1) is 5.41 Å². The van der Waals surface area contributed by atoms with Gasteiger partial charge in [-0.05, 0) is 12.8 Å². The fraction of sp³-hybridized carbons (Fsp3) is 0.867. The summed E-state index contributed by atoms with van der Waals surface area (Å²) in [6.07, 6.45) is 5.18. The highest BCUT2D eigenvalue weighted by molar-refractivity contribution is 5.82. The summed E-state index contributed by atoms with van der Waals surface area (Å²) in [5.41, 5.74) is -0.879. The van der Waals surface area contributed by atoms with E-state index >= 15 is 0 Å². The van der Waals surface area contributed by atoms with E-state index in [-0.39, 0.29) is 24.8 Å². The van der Waals surface area contributed by atoms with Crippen molar-refractivity contribution in [2.45, 2.75) is 64.8 Å². The molecule has 0 heterocycles. The lowest BCUT2D eigenvalue weighted by Gasteiger charge is -2.36. The van der Waals surface area contributed by atoms with Crippen LogP contribution in [-0.4, -0.2) is 35.6 Å². The summed E-state index contributed by atoms with van der Waals surface area (Å²) in [5, 5.41) is 15.2. The van der Waals surface area contributed by atoms with Crippen molar-refractivity contribution < 1.29 is 14.7 Å². The van der Waals surface area contributed by atoms with Gasteiger partial charge in [-0.25, -0.2) is 0 Å². The molecule has 0 aromatic rings. The number of hydrogen-bond acceptors (Lipinski definition) is 3. The molecule has 0 unspecified atom stereocenters. The zero-order chi connectivity index (χ0) is 15.2. The minimum Gasteiger partial charge on any atom is -0.394 e. The van der Waals surface area contributed by atoms with E-state index in [4.69, 9.17) is 0 Å². The highest BCUT2D eigenvalue weighted by atomic mass is 16.3. The Morgan fingerprint density at radius 2 is 1.75 bits per heavy atom. The summed E-state index contributed by atoms with van der Waals surface area (Å²) in [4.78, 5) is 23.6. The molecule has 0 aromatic heterocycles. The summed E-state index contributed by atoms with van der Waals surface area (Å²) >= 11 is 0. The normalized spacial score (nSPS) is 18.4. The first kappa shape index (κ1) is 17.0. The summed E-state index contributed by atoms with van der Waals surface area (Å²) < 4.78 is 0. The van der Waals surface area contributed by atoms with Crippen molar-refractivity contribution in [2.75, 3.05) is 13.2 Å². The van der Waals surface area contributed by atoms with Crippen LogP contribution >= 0.6 is 0 Å². The topological polar surface area (TPSA) is 78.4 Å². The minimum absolute atomic E-state index is 0.00685. The van der Waals surface area contributed by atoms with Gasteiger partial charge in [0.25, 0.3) is 0 Å². The van der Waals surface area contributed by atoms with Crippen molar-refractivity contribution in [3.05, 3.63) is 0 Å². The summed E-state index contributed by atoms with van der Waals surface area (Å²) in [5.74, 6) is -0.157. The molecule has 1 aliphatic carbocycles. The molecule has 0 bridgehead atoms. The molecule has 1 saturated carbocycles. The Kier molecular flexibility index (Phi) is 5.99. The first-order valence-electron chi connectivity index (χ1n) is 7.49. The van der Waals surface area contributed by atoms with Gasteiger partial charge in [0.1, 0.15) is 0 Å². The van der Waals surface area contributed by atoms with Crippen LogP contribution in [0.4, 0.5) is 0 Å². The van der Waals surface area contributed by atoms with Gasteiger partial charge in [-0.2, -0.15) is 0 Å². The molecule has 5 heteroatoms. The van der Waals surface area contributed by atoms with Gasteiger partial charge in [-0.1, -0.05) is 40.0 Å². The quantitative estimate of drug-likeness (QED) is 0.713. The van der Waals surface area contributed by atoms with Crippen LogP contribution in [0.1, 0.15) is 59.3 Å². The third-order valence-corrected chi connectivity index (χ3v) is 3.84. The van der Waals surface area contributed by atoms with E-state index in [9.17, 15) is 14.7 Å². The molecule has 0 aliphatic heterocycles. The highest BCUT2D eigenvalue weighted by Gasteiger charge is 2.32. The van der Waals surface area contributed by atoms with Crippen LogP contribution in [-0.2, 0) is 9.59 Å². The molecule has 5 nitrogen and oxygen atoms in total. The molecule has 2 amide bonds. The van der Waals surface area contributed by atoms with Crippen molar-refractivity contribution in [3.63, 3.8) is 0 Å². The van der Waals surface area contributed by atoms with Gasteiger partial charge in [0.05, 0.1) is 12.1 Å². The maximum absolute atomic E-state index is 11.9. The number of aliphatic hydroxyl groups excluding tert-OH is 1. The minimum atomic E-state index is -0.441. The fourth-order valence-electron chi connectivity index (χ4n) is 2.46. The first-order chi connectivity index (χ1) is 9.29. The van der Waals surface area contributed by atoms with Crippen LogP contribution in [0.25, 0.3) is 0 Å². The van der Waals surface area contributed by atoms with Gasteiger partial charge in [0, 0.05) is 18.4 Å². The summed E-state index contributed by atoms with van der Waals surface area (Å²) in [7, 11) is 0. The second-order valence-electron chi connectivity index (χ2n) is 6.80. The van der Waals surface area contributed by atoms with Crippen LogP contribution in [0.3, 0.4) is 0 Å². The molecule has 1 aliphatic rings. The SMILES string of the molecule is CC(C)(C)C(=O)NCCC(=O)NC1(CO)CCCCC1. The van der Waals surface area contributed by atoms with E-state index in [0.717, 1.165) is 25.7 Å². The standard InChI is InChI=1S/C15H28N2O3/c1-14(2,3)13(20)16-10-7-12(19)17-15(11-18)8-5-4-6-9-15/h18H,4-11H2,1-3H3,(H,16,20)(H,17,19). The van der Waals surface area contributed by atoms with Crippen LogP contribution in [0.5, 0.6) is 0 Å². The number of amides is 2. The van der Waals surface area contributed by atoms with Crippen molar-refractivity contribution in [1.82, 2.24) is 10.6 Å². The molecule has 1 rings (SSSR count). The van der Waals surface area contributed by atoms with Gasteiger partial charge in [-0.3, -0.25) is 9.59 Å². The molecular formula is C15H28N2O3. The van der Waals surface area contributed by atoms with E-state index in [0.29, 0.717) is 6.54 Å². The largest absolute Gasteiger partial charge is 0.394 e. The number of nitrogens with one attached hydrogen (secondary N) is 2. The molecule has 0 radical (unpaired) electrons. The maximum Gasteiger partial charge on any atom is 0.225 e. The number of carbonyl (C=O) groups is 2. The summed E-state index contributed by atoms with van der Waals surface area (Å²) in [6.45, 7) is 5.85. The number of aliphatic hydroxyl groups is 1. The molecule has 1 fully saturated rings. The van der Waals surface area contributed by atoms with E-state index in [2.05, 4.69) is 10.6 Å². The lowest BCUT2D eigenvalue weighted by atomic mass is 9.82. The van der Waals surface area contributed by atoms with Crippen molar-refractivity contribution in [3.8, 4) is 0 Å². The van der Waals surface area contributed by atoms with Crippen LogP contribution in [0.15, 0.2) is 0 Å². The molecule has 0 aromatic carbocycles. The number of hydrogen-bond donors (Lipinski definition) is 3. The van der Waals surface area contributed by atoms with Crippen molar-refractivity contribution in [2.24, 2.45) is 5.41 Å². The number of carbonyl (C=O) groups excluding carboxylic acids is 2. The highest BCUT2D eigenvalue weighted by Crippen LogP contribution is 2.27. The monoisotopic (exact) mass is 284 g/mol. The molecule has 0 atom stereocenters. The Balaban J connectivity index is 2.34. The van der Waals surface area contributed by atoms with Crippen molar-refractivity contribution >= 4 is 11.8 Å². The Morgan fingerprint density at radius 1 is 1.15 bits per heavy atom. The van der Waals surface area contributed by atoms with E-state index in [1.54, 1.807) is 0 Å². The van der Waals surface area contributed by atoms with Crippen LogP contribution in [0.2, 0.25) is 0 Å². The lowest BCUT2D eigenvalue weighted by molar-refractivity contribution is -0.128. The third-order valence-electron chi connectivity index (χ3n) is 3.84. The third kappa shape index (κ3) is 5.12. The Labute approximate surface area is 121 Å². The maximum atomic E-state index is 11.9. The van der Waals surface area contributed by atoms with Gasteiger partial charge in [0.15, 0.2) is 0 Å². The second kappa shape index (κ2) is 7.07. The smallest absolute Gasteiger partial charge is 0.225 e. The average Bonchev–Trinajstić information content (AvgIpc) is 2.38. The van der Waals surface area contributed by atoms with Crippen molar-refractivity contribution in [1.29, 1.82) is 0 Å². The Hall–Kier alpha value is -1.10. The van der Waals surface area contributed by atoms with E-state index < -0.39 is 11.0 Å². The van der Waals surface area contributed by atoms with E-state index in [1.807, 2.05) is 20.8 Å². The fourth-order valence-corrected chi connectivity index (χ4v) is 2.46. The van der Waals surface area contributed by atoms with Gasteiger partial charge in [0.2, 0.25) is 11.8 Å². The molecular weight excluding hydrogens is 256 g/mol. The molecule has 20 heavy (non-hydrogen) atoms. The van der Waals surface area contributed by atoms with Gasteiger partial charge < -0.3 is 15.7 Å². The van der Waals surface area contributed by atoms with Gasteiger partial charge in [-0.15, -0.1) is 0 Å². The second-order valence-corrected chi connectivity index (χ2v) is 6.80. The van der Waals surface area contributed by atoms with E-state index in [1.165, 1.54) is 6.42 Å². The Bertz CT molecular complexity index is 342. The van der Waals surface area contributed by atoms with Gasteiger partial charge >= 0.3 is 0 Å². The summed E-state index contributed by atoms with van der Waals surface area (Å²) in [6, 6.07) is 0. The van der Waals surface area contributed by atoms with Crippen LogP contribution < -0.4 is 10.6 Å². The zero-order valence-corrected chi connectivity index (χ0v) is 12.9. The lowest BCUT2D eigenvalue weighted by Crippen LogP contribution is -2.53.